The van der Waals surface area contributed by atoms with Crippen molar-refractivity contribution >= 4 is 22.9 Å². The molecule has 1 aromatic carbocycles. The number of anilines is 1. The van der Waals surface area contributed by atoms with Crippen LogP contribution >= 0.6 is 12.2 Å². The van der Waals surface area contributed by atoms with E-state index in [1.54, 1.807) is 6.20 Å². The molecule has 94 valence electrons. The molecule has 3 N–H and O–H groups in total. The van der Waals surface area contributed by atoms with Crippen molar-refractivity contribution in [3.05, 3.63) is 48.3 Å². The van der Waals surface area contributed by atoms with Crippen molar-refractivity contribution in [3.63, 3.8) is 0 Å². The van der Waals surface area contributed by atoms with Crippen LogP contribution in [0.2, 0.25) is 0 Å². The molecule has 2 aromatic rings. The number of nitrogens with one attached hydrogen (secondary N) is 1. The fourth-order valence-electron chi connectivity index (χ4n) is 1.75. The first-order valence-corrected chi connectivity index (χ1v) is 6.28. The van der Waals surface area contributed by atoms with Crippen molar-refractivity contribution in [1.82, 2.24) is 9.78 Å². The average Bonchev–Trinajstić information content (AvgIpc) is 2.88. The number of nitrogens with two attached hydrogens (primary N) is 1. The van der Waals surface area contributed by atoms with Crippen LogP contribution in [-0.4, -0.2) is 21.3 Å². The molecule has 0 aliphatic rings. The highest BCUT2D eigenvalue weighted by Gasteiger charge is 2.02. The lowest BCUT2D eigenvalue weighted by atomic mass is 10.2. The number of hydrogen-bond donors (Lipinski definition) is 2. The van der Waals surface area contributed by atoms with Gasteiger partial charge >= 0.3 is 0 Å². The Morgan fingerprint density at radius 3 is 2.89 bits per heavy atom. The molecule has 18 heavy (non-hydrogen) atoms. The van der Waals surface area contributed by atoms with Crippen molar-refractivity contribution in [1.29, 1.82) is 0 Å². The Kier molecular flexibility index (Phi) is 4.30. The van der Waals surface area contributed by atoms with Gasteiger partial charge in [0.1, 0.15) is 4.99 Å². The van der Waals surface area contributed by atoms with E-state index in [-0.39, 0.29) is 0 Å². The summed E-state index contributed by atoms with van der Waals surface area (Å²) in [6, 6.07) is 9.75. The molecule has 0 saturated heterocycles. The molecule has 0 spiro atoms. The zero-order chi connectivity index (χ0) is 12.8. The zero-order valence-electron chi connectivity index (χ0n) is 10.0. The fraction of sp³-hybridized carbons (Fsp3) is 0.231. The van der Waals surface area contributed by atoms with Crippen LogP contribution in [0, 0.1) is 0 Å². The van der Waals surface area contributed by atoms with Crippen molar-refractivity contribution in [2.24, 2.45) is 5.73 Å². The van der Waals surface area contributed by atoms with Crippen LogP contribution in [0.5, 0.6) is 0 Å². The van der Waals surface area contributed by atoms with Gasteiger partial charge in [-0.3, -0.25) is 4.68 Å². The minimum atomic E-state index is 0.421. The normalized spacial score (nSPS) is 10.2. The molecule has 0 aliphatic heterocycles. The molecule has 2 rings (SSSR count). The third-order valence-corrected chi connectivity index (χ3v) is 2.85. The van der Waals surface area contributed by atoms with E-state index in [1.165, 1.54) is 0 Å². The summed E-state index contributed by atoms with van der Waals surface area (Å²) >= 11 is 5.02. The molecule has 5 heteroatoms. The Bertz CT molecular complexity index is 507. The van der Waals surface area contributed by atoms with Gasteiger partial charge in [-0.2, -0.15) is 5.10 Å². The summed E-state index contributed by atoms with van der Waals surface area (Å²) in [5.74, 6) is 0. The third-order valence-electron chi connectivity index (χ3n) is 2.63. The summed E-state index contributed by atoms with van der Waals surface area (Å²) in [6.45, 7) is 1.76. The number of nitrogens with zero attached hydrogens (tertiary/aromatic N) is 2. The van der Waals surface area contributed by atoms with Gasteiger partial charge in [-0.05, 0) is 24.6 Å². The molecule has 1 heterocycles. The first kappa shape index (κ1) is 12.6. The maximum absolute atomic E-state index is 5.67. The standard InChI is InChI=1S/C13H16N4S/c14-13(18)11-5-1-2-6-12(11)15-7-3-9-17-10-4-8-16-17/h1-2,4-6,8,10,15H,3,7,9H2,(H2,14,18). The molecule has 0 amide bonds. The first-order chi connectivity index (χ1) is 8.77. The molecular formula is C13H16N4S. The van der Waals surface area contributed by atoms with Gasteiger partial charge in [0.15, 0.2) is 0 Å². The number of rotatable bonds is 6. The Morgan fingerprint density at radius 1 is 1.33 bits per heavy atom. The molecule has 0 bridgehead atoms. The second kappa shape index (κ2) is 6.16. The van der Waals surface area contributed by atoms with Crippen molar-refractivity contribution in [3.8, 4) is 0 Å². The summed E-state index contributed by atoms with van der Waals surface area (Å²) < 4.78 is 1.92. The highest BCUT2D eigenvalue weighted by molar-refractivity contribution is 7.80. The van der Waals surface area contributed by atoms with Gasteiger partial charge in [0.2, 0.25) is 0 Å². The fourth-order valence-corrected chi connectivity index (χ4v) is 1.93. The maximum Gasteiger partial charge on any atom is 0.106 e. The lowest BCUT2D eigenvalue weighted by Gasteiger charge is -2.10. The smallest absolute Gasteiger partial charge is 0.106 e. The van der Waals surface area contributed by atoms with Gasteiger partial charge in [0.05, 0.1) is 0 Å². The number of thiocarbonyl (C=S) groups is 1. The van der Waals surface area contributed by atoms with Gasteiger partial charge in [-0.1, -0.05) is 24.4 Å². The average molecular weight is 260 g/mol. The molecule has 4 nitrogen and oxygen atoms in total. The Morgan fingerprint density at radius 2 is 2.17 bits per heavy atom. The second-order valence-electron chi connectivity index (χ2n) is 3.96. The first-order valence-electron chi connectivity index (χ1n) is 5.87. The van der Waals surface area contributed by atoms with E-state index in [0.717, 1.165) is 30.8 Å². The Hall–Kier alpha value is -1.88. The van der Waals surface area contributed by atoms with E-state index in [1.807, 2.05) is 41.2 Å². The summed E-state index contributed by atoms with van der Waals surface area (Å²) in [5, 5.41) is 7.50. The number of benzene rings is 1. The molecule has 0 saturated carbocycles. The van der Waals surface area contributed by atoms with E-state index in [2.05, 4.69) is 10.4 Å². The molecular weight excluding hydrogens is 244 g/mol. The van der Waals surface area contributed by atoms with Crippen LogP contribution in [-0.2, 0) is 6.54 Å². The van der Waals surface area contributed by atoms with Crippen LogP contribution in [0.4, 0.5) is 5.69 Å². The van der Waals surface area contributed by atoms with E-state index in [0.29, 0.717) is 4.99 Å². The zero-order valence-corrected chi connectivity index (χ0v) is 10.9. The number of hydrogen-bond acceptors (Lipinski definition) is 3. The Labute approximate surface area is 112 Å². The minimum absolute atomic E-state index is 0.421. The van der Waals surface area contributed by atoms with Gasteiger partial charge in [0, 0.05) is 36.7 Å². The predicted molar refractivity (Wildman–Crippen MR) is 77.7 cm³/mol. The molecule has 0 atom stereocenters. The second-order valence-corrected chi connectivity index (χ2v) is 4.40. The molecule has 0 unspecified atom stereocenters. The lowest BCUT2D eigenvalue weighted by molar-refractivity contribution is 0.592. The minimum Gasteiger partial charge on any atom is -0.389 e. The van der Waals surface area contributed by atoms with E-state index in [4.69, 9.17) is 18.0 Å². The predicted octanol–water partition coefficient (Wildman–Crippen LogP) is 2.02. The summed E-state index contributed by atoms with van der Waals surface area (Å²) in [4.78, 5) is 0.421. The van der Waals surface area contributed by atoms with Crippen LogP contribution < -0.4 is 11.1 Å². The van der Waals surface area contributed by atoms with Gasteiger partial charge in [-0.25, -0.2) is 0 Å². The largest absolute Gasteiger partial charge is 0.389 e. The van der Waals surface area contributed by atoms with Crippen LogP contribution in [0.15, 0.2) is 42.7 Å². The SMILES string of the molecule is NC(=S)c1ccccc1NCCCn1cccn1. The van der Waals surface area contributed by atoms with E-state index < -0.39 is 0 Å². The van der Waals surface area contributed by atoms with Crippen LogP contribution in [0.25, 0.3) is 0 Å². The maximum atomic E-state index is 5.67. The van der Waals surface area contributed by atoms with Gasteiger partial charge < -0.3 is 11.1 Å². The number of aromatic nitrogens is 2. The lowest BCUT2D eigenvalue weighted by Crippen LogP contribution is -2.14. The molecule has 0 fully saturated rings. The summed E-state index contributed by atoms with van der Waals surface area (Å²) in [6.07, 6.45) is 4.74. The summed E-state index contributed by atoms with van der Waals surface area (Å²) in [7, 11) is 0. The van der Waals surface area contributed by atoms with Crippen LogP contribution in [0.3, 0.4) is 0 Å². The molecule has 1 aromatic heterocycles. The monoisotopic (exact) mass is 260 g/mol. The highest BCUT2D eigenvalue weighted by Crippen LogP contribution is 2.14. The van der Waals surface area contributed by atoms with Crippen molar-refractivity contribution in [2.45, 2.75) is 13.0 Å². The summed E-state index contributed by atoms with van der Waals surface area (Å²) in [5.41, 5.74) is 7.56. The van der Waals surface area contributed by atoms with Gasteiger partial charge in [-0.15, -0.1) is 0 Å². The highest BCUT2D eigenvalue weighted by atomic mass is 32.1. The van der Waals surface area contributed by atoms with E-state index >= 15 is 0 Å². The van der Waals surface area contributed by atoms with Gasteiger partial charge in [0.25, 0.3) is 0 Å². The number of para-hydroxylation sites is 1. The van der Waals surface area contributed by atoms with Crippen molar-refractivity contribution < 1.29 is 0 Å². The number of aryl methyl sites for hydroxylation is 1. The Balaban J connectivity index is 1.85. The third kappa shape index (κ3) is 3.30. The quantitative estimate of drug-likeness (QED) is 0.616. The van der Waals surface area contributed by atoms with Crippen molar-refractivity contribution in [2.75, 3.05) is 11.9 Å². The van der Waals surface area contributed by atoms with Crippen LogP contribution in [0.1, 0.15) is 12.0 Å². The molecule has 0 aliphatic carbocycles. The van der Waals surface area contributed by atoms with E-state index in [9.17, 15) is 0 Å². The topological polar surface area (TPSA) is 55.9 Å². The molecule has 0 radical (unpaired) electrons.